The van der Waals surface area contributed by atoms with E-state index in [0.717, 1.165) is 18.2 Å². The van der Waals surface area contributed by atoms with Gasteiger partial charge in [-0.15, -0.1) is 0 Å². The standard InChI is InChI=1S/C12H6Cl3F3N2O3/c13-6-3-5(12(16,17)18)4-7(14)10(6)23-9-2-1-8(20(21)22)11(15)19-9/h1-3,5H,4H2. The van der Waals surface area contributed by atoms with E-state index in [1.807, 2.05) is 0 Å². The second kappa shape index (κ2) is 6.54. The van der Waals surface area contributed by atoms with E-state index in [2.05, 4.69) is 4.98 Å². The minimum Gasteiger partial charge on any atom is -0.436 e. The van der Waals surface area contributed by atoms with Crippen LogP contribution in [0, 0.1) is 16.0 Å². The molecule has 1 aliphatic carbocycles. The van der Waals surface area contributed by atoms with Crippen molar-refractivity contribution in [2.45, 2.75) is 12.6 Å². The van der Waals surface area contributed by atoms with Crippen LogP contribution in [0.4, 0.5) is 18.9 Å². The highest BCUT2D eigenvalue weighted by Gasteiger charge is 2.41. The van der Waals surface area contributed by atoms with E-state index in [1.54, 1.807) is 0 Å². The number of halogens is 6. The summed E-state index contributed by atoms with van der Waals surface area (Å²) in [5.74, 6) is -2.21. The van der Waals surface area contributed by atoms with Gasteiger partial charge in [-0.25, -0.2) is 0 Å². The van der Waals surface area contributed by atoms with E-state index in [-0.39, 0.29) is 21.7 Å². The molecule has 1 heterocycles. The number of alkyl halides is 3. The van der Waals surface area contributed by atoms with E-state index in [9.17, 15) is 23.3 Å². The zero-order valence-corrected chi connectivity index (χ0v) is 13.2. The maximum atomic E-state index is 12.7. The molecule has 0 bridgehead atoms. The highest BCUT2D eigenvalue weighted by Crippen LogP contribution is 2.41. The summed E-state index contributed by atoms with van der Waals surface area (Å²) in [4.78, 5) is 13.5. The van der Waals surface area contributed by atoms with Crippen LogP contribution in [0.1, 0.15) is 6.42 Å². The van der Waals surface area contributed by atoms with Gasteiger partial charge >= 0.3 is 11.9 Å². The zero-order chi connectivity index (χ0) is 17.4. The molecule has 0 saturated carbocycles. The molecule has 1 aliphatic rings. The predicted molar refractivity (Wildman–Crippen MR) is 77.5 cm³/mol. The molecule has 0 N–H and O–H groups in total. The van der Waals surface area contributed by atoms with Gasteiger partial charge in [0.15, 0.2) is 5.76 Å². The molecule has 23 heavy (non-hydrogen) atoms. The molecule has 124 valence electrons. The monoisotopic (exact) mass is 388 g/mol. The zero-order valence-electron chi connectivity index (χ0n) is 10.9. The average molecular weight is 390 g/mol. The number of nitro groups is 1. The van der Waals surface area contributed by atoms with Gasteiger partial charge in [-0.05, 0) is 6.08 Å². The molecule has 0 aromatic carbocycles. The van der Waals surface area contributed by atoms with Crippen LogP contribution >= 0.6 is 34.8 Å². The number of nitrogens with zero attached hydrogens (tertiary/aromatic N) is 2. The SMILES string of the molecule is O=[N+]([O-])c1ccc(OC2=C(Cl)CC(C(F)(F)F)C=C2Cl)nc1Cl. The first-order valence-corrected chi connectivity index (χ1v) is 7.05. The van der Waals surface area contributed by atoms with Gasteiger partial charge < -0.3 is 4.74 Å². The fourth-order valence-corrected chi connectivity index (χ4v) is 2.62. The molecule has 5 nitrogen and oxygen atoms in total. The van der Waals surface area contributed by atoms with Gasteiger partial charge in [-0.3, -0.25) is 10.1 Å². The van der Waals surface area contributed by atoms with Crippen LogP contribution in [-0.4, -0.2) is 16.1 Å². The molecule has 1 unspecified atom stereocenters. The normalized spacial score (nSPS) is 18.7. The van der Waals surface area contributed by atoms with E-state index in [0.29, 0.717) is 0 Å². The van der Waals surface area contributed by atoms with Crippen molar-refractivity contribution in [1.82, 2.24) is 4.98 Å². The molecule has 2 rings (SSSR count). The van der Waals surface area contributed by atoms with E-state index in [4.69, 9.17) is 39.5 Å². The third-order valence-electron chi connectivity index (χ3n) is 2.84. The predicted octanol–water partition coefficient (Wildman–Crippen LogP) is 5.18. The number of aromatic nitrogens is 1. The Hall–Kier alpha value is -1.51. The van der Waals surface area contributed by atoms with Crippen LogP contribution in [0.5, 0.6) is 5.88 Å². The van der Waals surface area contributed by atoms with Crippen LogP contribution in [0.2, 0.25) is 5.15 Å². The highest BCUT2D eigenvalue weighted by molar-refractivity contribution is 6.35. The van der Waals surface area contributed by atoms with Gasteiger partial charge in [0, 0.05) is 18.6 Å². The quantitative estimate of drug-likeness (QED) is 0.406. The summed E-state index contributed by atoms with van der Waals surface area (Å²) in [5.41, 5.74) is -0.443. The van der Waals surface area contributed by atoms with Gasteiger partial charge in [0.25, 0.3) is 0 Å². The molecule has 0 amide bonds. The third-order valence-corrected chi connectivity index (χ3v) is 3.74. The van der Waals surface area contributed by atoms with Crippen LogP contribution in [0.25, 0.3) is 0 Å². The average Bonchev–Trinajstić information content (AvgIpc) is 2.41. The van der Waals surface area contributed by atoms with E-state index < -0.39 is 34.3 Å². The van der Waals surface area contributed by atoms with Crippen molar-refractivity contribution in [3.8, 4) is 5.88 Å². The summed E-state index contributed by atoms with van der Waals surface area (Å²) >= 11 is 17.2. The van der Waals surface area contributed by atoms with Crippen molar-refractivity contribution in [2.75, 3.05) is 0 Å². The molecule has 11 heteroatoms. The first-order valence-electron chi connectivity index (χ1n) is 5.91. The summed E-state index contributed by atoms with van der Waals surface area (Å²) in [5, 5.41) is 9.62. The Morgan fingerprint density at radius 2 is 1.96 bits per heavy atom. The molecule has 0 aliphatic heterocycles. The second-order valence-electron chi connectivity index (χ2n) is 4.42. The Morgan fingerprint density at radius 1 is 1.30 bits per heavy atom. The lowest BCUT2D eigenvalue weighted by molar-refractivity contribution is -0.385. The molecule has 1 aromatic rings. The maximum Gasteiger partial charge on any atom is 0.395 e. The lowest BCUT2D eigenvalue weighted by Gasteiger charge is -2.23. The number of allylic oxidation sites excluding steroid dienone is 3. The summed E-state index contributed by atoms with van der Waals surface area (Å²) in [7, 11) is 0. The van der Waals surface area contributed by atoms with E-state index in [1.165, 1.54) is 0 Å². The van der Waals surface area contributed by atoms with Gasteiger partial charge in [0.05, 0.1) is 20.9 Å². The molecule has 1 aromatic heterocycles. The molecule has 0 spiro atoms. The van der Waals surface area contributed by atoms with Crippen molar-refractivity contribution in [2.24, 2.45) is 5.92 Å². The minimum atomic E-state index is -4.49. The number of hydrogen-bond donors (Lipinski definition) is 0. The van der Waals surface area contributed by atoms with Crippen LogP contribution in [-0.2, 0) is 0 Å². The lowest BCUT2D eigenvalue weighted by Crippen LogP contribution is -2.24. The van der Waals surface area contributed by atoms with Gasteiger partial charge in [-0.2, -0.15) is 18.2 Å². The first-order chi connectivity index (χ1) is 10.6. The van der Waals surface area contributed by atoms with Crippen molar-refractivity contribution in [3.05, 3.63) is 49.3 Å². The highest BCUT2D eigenvalue weighted by atomic mass is 35.5. The molecule has 1 atom stereocenters. The van der Waals surface area contributed by atoms with E-state index >= 15 is 0 Å². The Morgan fingerprint density at radius 3 is 2.43 bits per heavy atom. The molecule has 0 radical (unpaired) electrons. The Bertz CT molecular complexity index is 719. The fraction of sp³-hybridized carbons (Fsp3) is 0.250. The second-order valence-corrected chi connectivity index (χ2v) is 5.64. The van der Waals surface area contributed by atoms with Gasteiger partial charge in [-0.1, -0.05) is 34.8 Å². The van der Waals surface area contributed by atoms with Crippen LogP contribution in [0.3, 0.4) is 0 Å². The Labute approximate surface area is 142 Å². The summed E-state index contributed by atoms with van der Waals surface area (Å²) in [6.07, 6.45) is -4.24. The summed E-state index contributed by atoms with van der Waals surface area (Å²) in [6.45, 7) is 0. The number of ether oxygens (including phenoxy) is 1. The third kappa shape index (κ3) is 4.07. The number of pyridine rings is 1. The van der Waals surface area contributed by atoms with Gasteiger partial charge in [0.1, 0.15) is 0 Å². The molecule has 0 saturated heterocycles. The van der Waals surface area contributed by atoms with Crippen molar-refractivity contribution in [3.63, 3.8) is 0 Å². The maximum absolute atomic E-state index is 12.7. The fourth-order valence-electron chi connectivity index (χ4n) is 1.75. The molecular weight excluding hydrogens is 383 g/mol. The largest absolute Gasteiger partial charge is 0.436 e. The van der Waals surface area contributed by atoms with Crippen molar-refractivity contribution < 1.29 is 22.8 Å². The summed E-state index contributed by atoms with van der Waals surface area (Å²) in [6, 6.07) is 2.17. The number of rotatable bonds is 3. The Balaban J connectivity index is 2.26. The first kappa shape index (κ1) is 17.8. The lowest BCUT2D eigenvalue weighted by atomic mass is 9.99. The topological polar surface area (TPSA) is 65.3 Å². The summed E-state index contributed by atoms with van der Waals surface area (Å²) < 4.78 is 43.3. The molecular formula is C12H6Cl3F3N2O3. The smallest absolute Gasteiger partial charge is 0.395 e. The minimum absolute atomic E-state index is 0.189. The van der Waals surface area contributed by atoms with Crippen molar-refractivity contribution >= 4 is 40.5 Å². The number of hydrogen-bond acceptors (Lipinski definition) is 4. The molecule has 0 fully saturated rings. The Kier molecular flexibility index (Phi) is 5.07. The van der Waals surface area contributed by atoms with Crippen molar-refractivity contribution in [1.29, 1.82) is 0 Å². The van der Waals surface area contributed by atoms with Crippen LogP contribution in [0.15, 0.2) is 34.0 Å². The van der Waals surface area contributed by atoms with Crippen LogP contribution < -0.4 is 4.74 Å². The van der Waals surface area contributed by atoms with Gasteiger partial charge in [0.2, 0.25) is 11.0 Å².